The summed E-state index contributed by atoms with van der Waals surface area (Å²) < 4.78 is 6.03. The van der Waals surface area contributed by atoms with Crippen LogP contribution < -0.4 is 5.73 Å². The molecule has 1 amide bonds. The zero-order valence-corrected chi connectivity index (χ0v) is 12.5. The van der Waals surface area contributed by atoms with Crippen molar-refractivity contribution in [1.82, 2.24) is 4.90 Å². The van der Waals surface area contributed by atoms with E-state index in [9.17, 15) is 4.79 Å². The normalized spacial score (nSPS) is 10.6. The Balaban J connectivity index is 2.09. The molecular formula is C12H13BrN2O2S. The van der Waals surface area contributed by atoms with E-state index in [1.165, 1.54) is 11.3 Å². The fraction of sp³-hybridized carbons (Fsp3) is 0.250. The van der Waals surface area contributed by atoms with Gasteiger partial charge in [-0.1, -0.05) is 0 Å². The van der Waals surface area contributed by atoms with Gasteiger partial charge in [0.25, 0.3) is 5.91 Å². The molecule has 2 aromatic rings. The van der Waals surface area contributed by atoms with Gasteiger partial charge in [0.15, 0.2) is 4.67 Å². The van der Waals surface area contributed by atoms with Gasteiger partial charge < -0.3 is 15.1 Å². The Bertz CT molecular complexity index is 557. The van der Waals surface area contributed by atoms with Gasteiger partial charge in [0.05, 0.1) is 11.4 Å². The number of carbonyl (C=O) groups is 1. The standard InChI is InChI=1S/C12H13BrN2O2S/c1-7-9(14)5-10(18-7)12(16)15(2)6-8-3-4-11(13)17-8/h3-5H,6,14H2,1-2H3. The van der Waals surface area contributed by atoms with Crippen LogP contribution in [0.5, 0.6) is 0 Å². The molecule has 2 rings (SSSR count). The van der Waals surface area contributed by atoms with Crippen molar-refractivity contribution in [1.29, 1.82) is 0 Å². The van der Waals surface area contributed by atoms with Crippen molar-refractivity contribution >= 4 is 38.9 Å². The van der Waals surface area contributed by atoms with E-state index in [-0.39, 0.29) is 5.91 Å². The van der Waals surface area contributed by atoms with Crippen molar-refractivity contribution in [2.24, 2.45) is 0 Å². The van der Waals surface area contributed by atoms with Gasteiger partial charge >= 0.3 is 0 Å². The van der Waals surface area contributed by atoms with E-state index in [0.29, 0.717) is 21.8 Å². The number of thiophene rings is 1. The number of hydrogen-bond acceptors (Lipinski definition) is 4. The summed E-state index contributed by atoms with van der Waals surface area (Å²) in [4.78, 5) is 15.4. The number of anilines is 1. The van der Waals surface area contributed by atoms with Crippen LogP contribution in [-0.2, 0) is 6.54 Å². The van der Waals surface area contributed by atoms with Gasteiger partial charge in [-0.2, -0.15) is 0 Å². The molecule has 0 aromatic carbocycles. The van der Waals surface area contributed by atoms with Crippen LogP contribution in [0.4, 0.5) is 5.69 Å². The second kappa shape index (κ2) is 5.16. The number of hydrogen-bond donors (Lipinski definition) is 1. The van der Waals surface area contributed by atoms with E-state index in [2.05, 4.69) is 15.9 Å². The Morgan fingerprint density at radius 2 is 2.28 bits per heavy atom. The highest BCUT2D eigenvalue weighted by Gasteiger charge is 2.16. The fourth-order valence-electron chi connectivity index (χ4n) is 1.53. The van der Waals surface area contributed by atoms with E-state index in [4.69, 9.17) is 10.2 Å². The summed E-state index contributed by atoms with van der Waals surface area (Å²) in [5.74, 6) is 0.686. The molecule has 4 nitrogen and oxygen atoms in total. The number of nitrogens with two attached hydrogens (primary N) is 1. The van der Waals surface area contributed by atoms with E-state index in [1.807, 2.05) is 13.0 Å². The van der Waals surface area contributed by atoms with E-state index < -0.39 is 0 Å². The zero-order valence-electron chi connectivity index (χ0n) is 10.1. The molecule has 0 atom stereocenters. The maximum atomic E-state index is 12.1. The molecule has 2 heterocycles. The number of nitrogen functional groups attached to an aromatic ring is 1. The van der Waals surface area contributed by atoms with Crippen molar-refractivity contribution in [3.63, 3.8) is 0 Å². The van der Waals surface area contributed by atoms with Crippen LogP contribution in [0.15, 0.2) is 27.3 Å². The maximum Gasteiger partial charge on any atom is 0.264 e. The van der Waals surface area contributed by atoms with Gasteiger partial charge in [0.2, 0.25) is 0 Å². The average Bonchev–Trinajstić information content (AvgIpc) is 2.85. The summed E-state index contributed by atoms with van der Waals surface area (Å²) in [7, 11) is 1.74. The lowest BCUT2D eigenvalue weighted by Crippen LogP contribution is -2.25. The number of carbonyl (C=O) groups excluding carboxylic acids is 1. The van der Waals surface area contributed by atoms with E-state index in [0.717, 1.165) is 10.6 Å². The molecule has 0 aliphatic heterocycles. The molecular weight excluding hydrogens is 316 g/mol. The number of aryl methyl sites for hydroxylation is 1. The van der Waals surface area contributed by atoms with Crippen molar-refractivity contribution in [2.75, 3.05) is 12.8 Å². The summed E-state index contributed by atoms with van der Waals surface area (Å²) in [6.45, 7) is 2.34. The fourth-order valence-corrected chi connectivity index (χ4v) is 2.81. The van der Waals surface area contributed by atoms with Crippen LogP contribution in [0, 0.1) is 6.92 Å². The molecule has 0 fully saturated rings. The minimum absolute atomic E-state index is 0.0488. The third-order valence-corrected chi connectivity index (χ3v) is 4.02. The molecule has 0 saturated carbocycles. The molecule has 96 valence electrons. The third-order valence-electron chi connectivity index (χ3n) is 2.54. The van der Waals surface area contributed by atoms with Gasteiger partial charge in [-0.25, -0.2) is 0 Å². The van der Waals surface area contributed by atoms with Crippen LogP contribution in [-0.4, -0.2) is 17.9 Å². The lowest BCUT2D eigenvalue weighted by atomic mass is 10.3. The van der Waals surface area contributed by atoms with Crippen molar-refractivity contribution in [3.05, 3.63) is 38.4 Å². The first-order chi connectivity index (χ1) is 8.47. The monoisotopic (exact) mass is 328 g/mol. The summed E-state index contributed by atoms with van der Waals surface area (Å²) >= 11 is 4.64. The first-order valence-corrected chi connectivity index (χ1v) is 6.94. The number of rotatable bonds is 3. The first-order valence-electron chi connectivity index (χ1n) is 5.33. The first kappa shape index (κ1) is 13.2. The molecule has 0 aliphatic rings. The molecule has 0 saturated heterocycles. The Hall–Kier alpha value is -1.27. The van der Waals surface area contributed by atoms with Crippen molar-refractivity contribution in [2.45, 2.75) is 13.5 Å². The number of amides is 1. The molecule has 0 spiro atoms. The number of nitrogens with zero attached hydrogens (tertiary/aromatic N) is 1. The molecule has 0 aliphatic carbocycles. The molecule has 2 aromatic heterocycles. The summed E-state index contributed by atoms with van der Waals surface area (Å²) in [6, 6.07) is 5.36. The van der Waals surface area contributed by atoms with Gasteiger partial charge in [-0.15, -0.1) is 11.3 Å². The van der Waals surface area contributed by atoms with Crippen LogP contribution in [0.3, 0.4) is 0 Å². The highest BCUT2D eigenvalue weighted by molar-refractivity contribution is 9.10. The summed E-state index contributed by atoms with van der Waals surface area (Å²) in [5, 5.41) is 0. The molecule has 0 bridgehead atoms. The molecule has 2 N–H and O–H groups in total. The quantitative estimate of drug-likeness (QED) is 0.940. The predicted molar refractivity (Wildman–Crippen MR) is 75.7 cm³/mol. The topological polar surface area (TPSA) is 59.5 Å². The lowest BCUT2D eigenvalue weighted by molar-refractivity contribution is 0.0780. The minimum atomic E-state index is -0.0488. The second-order valence-corrected chi connectivity index (χ2v) is 6.03. The second-order valence-electron chi connectivity index (χ2n) is 3.99. The highest BCUT2D eigenvalue weighted by Crippen LogP contribution is 2.25. The molecule has 18 heavy (non-hydrogen) atoms. The minimum Gasteiger partial charge on any atom is -0.452 e. The number of furan rings is 1. The molecule has 6 heteroatoms. The molecule has 0 unspecified atom stereocenters. The van der Waals surface area contributed by atoms with Gasteiger partial charge in [-0.3, -0.25) is 4.79 Å². The lowest BCUT2D eigenvalue weighted by Gasteiger charge is -2.14. The van der Waals surface area contributed by atoms with E-state index in [1.54, 1.807) is 24.1 Å². The van der Waals surface area contributed by atoms with Crippen molar-refractivity contribution < 1.29 is 9.21 Å². The molecule has 0 radical (unpaired) electrons. The average molecular weight is 329 g/mol. The van der Waals surface area contributed by atoms with Crippen LogP contribution in [0.25, 0.3) is 0 Å². The summed E-state index contributed by atoms with van der Waals surface area (Å²) in [5.41, 5.74) is 6.41. The number of halogens is 1. The predicted octanol–water partition coefficient (Wildman–Crippen LogP) is 3.27. The van der Waals surface area contributed by atoms with Gasteiger partial charge in [0, 0.05) is 17.6 Å². The van der Waals surface area contributed by atoms with Crippen LogP contribution >= 0.6 is 27.3 Å². The Morgan fingerprint density at radius 3 is 2.78 bits per heavy atom. The summed E-state index contributed by atoms with van der Waals surface area (Å²) in [6.07, 6.45) is 0. The third kappa shape index (κ3) is 2.76. The Kier molecular flexibility index (Phi) is 3.77. The zero-order chi connectivity index (χ0) is 13.3. The Morgan fingerprint density at radius 1 is 1.56 bits per heavy atom. The van der Waals surface area contributed by atoms with Crippen LogP contribution in [0.2, 0.25) is 0 Å². The SMILES string of the molecule is Cc1sc(C(=O)N(C)Cc2ccc(Br)o2)cc1N. The maximum absolute atomic E-state index is 12.1. The van der Waals surface area contributed by atoms with E-state index >= 15 is 0 Å². The Labute approximate surface area is 118 Å². The van der Waals surface area contributed by atoms with Crippen molar-refractivity contribution in [3.8, 4) is 0 Å². The van der Waals surface area contributed by atoms with Gasteiger partial charge in [-0.05, 0) is 41.1 Å². The smallest absolute Gasteiger partial charge is 0.264 e. The largest absolute Gasteiger partial charge is 0.452 e. The van der Waals surface area contributed by atoms with Gasteiger partial charge in [0.1, 0.15) is 5.76 Å². The highest BCUT2D eigenvalue weighted by atomic mass is 79.9. The van der Waals surface area contributed by atoms with Crippen LogP contribution in [0.1, 0.15) is 20.3 Å².